The number of hydrogen-bond donors (Lipinski definition) is 2. The quantitative estimate of drug-likeness (QED) is 0.612. The maximum atomic E-state index is 12.5. The molecule has 0 saturated carbocycles. The smallest absolute Gasteiger partial charge is 0.261 e. The number of carbonyl (C=O) groups excluding carboxylic acids is 1. The number of benzene rings is 3. The number of aryl methyl sites for hydroxylation is 1. The van der Waals surface area contributed by atoms with Crippen LogP contribution in [0.3, 0.4) is 0 Å². The first-order chi connectivity index (χ1) is 13.9. The van der Waals surface area contributed by atoms with E-state index in [1.165, 1.54) is 0 Å². The lowest BCUT2D eigenvalue weighted by Gasteiger charge is -2.10. The molecule has 0 aliphatic rings. The molecular formula is C22H22N2O4S. The summed E-state index contributed by atoms with van der Waals surface area (Å²) in [7, 11) is -2.07. The van der Waals surface area contributed by atoms with Crippen LogP contribution in [0.15, 0.2) is 77.7 Å². The van der Waals surface area contributed by atoms with Gasteiger partial charge in [-0.3, -0.25) is 9.52 Å². The highest BCUT2D eigenvalue weighted by Gasteiger charge is 2.14. The zero-order chi connectivity index (χ0) is 20.9. The molecule has 3 aromatic rings. The van der Waals surface area contributed by atoms with Crippen molar-refractivity contribution in [2.75, 3.05) is 17.1 Å². The third-order valence-electron chi connectivity index (χ3n) is 4.23. The number of anilines is 2. The molecule has 0 fully saturated rings. The van der Waals surface area contributed by atoms with Gasteiger partial charge in [0.15, 0.2) is 0 Å². The summed E-state index contributed by atoms with van der Waals surface area (Å²) in [5, 5.41) is 2.82. The highest BCUT2D eigenvalue weighted by atomic mass is 32.2. The molecule has 7 heteroatoms. The van der Waals surface area contributed by atoms with Crippen LogP contribution in [0, 0.1) is 6.92 Å². The van der Waals surface area contributed by atoms with E-state index in [-0.39, 0.29) is 10.8 Å². The number of sulfonamides is 1. The van der Waals surface area contributed by atoms with E-state index in [0.29, 0.717) is 23.5 Å². The number of amides is 1. The minimum absolute atomic E-state index is 0.181. The molecule has 0 aliphatic heterocycles. The second-order valence-electron chi connectivity index (χ2n) is 6.58. The molecule has 1 amide bonds. The Morgan fingerprint density at radius 2 is 1.62 bits per heavy atom. The summed E-state index contributed by atoms with van der Waals surface area (Å²) in [4.78, 5) is 12.6. The summed E-state index contributed by atoms with van der Waals surface area (Å²) in [5.74, 6) is -0.285. The average Bonchev–Trinajstić information content (AvgIpc) is 2.69. The van der Waals surface area contributed by atoms with Gasteiger partial charge in [0.1, 0.15) is 0 Å². The molecule has 0 bridgehead atoms. The van der Waals surface area contributed by atoms with Gasteiger partial charge < -0.3 is 10.1 Å². The van der Waals surface area contributed by atoms with Gasteiger partial charge in [0, 0.05) is 24.0 Å². The van der Waals surface area contributed by atoms with Gasteiger partial charge in [0.25, 0.3) is 15.9 Å². The van der Waals surface area contributed by atoms with Gasteiger partial charge in [-0.25, -0.2) is 8.42 Å². The van der Waals surface area contributed by atoms with Crippen molar-refractivity contribution in [2.45, 2.75) is 18.4 Å². The van der Waals surface area contributed by atoms with E-state index in [1.807, 2.05) is 25.1 Å². The second kappa shape index (κ2) is 8.89. The van der Waals surface area contributed by atoms with Crippen LogP contribution in [0.25, 0.3) is 0 Å². The van der Waals surface area contributed by atoms with E-state index in [1.54, 1.807) is 61.7 Å². The van der Waals surface area contributed by atoms with E-state index >= 15 is 0 Å². The number of nitrogens with one attached hydrogen (secondary N) is 2. The molecule has 0 aromatic heterocycles. The number of carbonyl (C=O) groups is 1. The van der Waals surface area contributed by atoms with Crippen LogP contribution in [-0.2, 0) is 21.4 Å². The molecule has 0 heterocycles. The third kappa shape index (κ3) is 5.43. The molecule has 6 nitrogen and oxygen atoms in total. The Bertz CT molecular complexity index is 1090. The minimum Gasteiger partial charge on any atom is -0.380 e. The lowest BCUT2D eigenvalue weighted by atomic mass is 10.1. The summed E-state index contributed by atoms with van der Waals surface area (Å²) >= 11 is 0. The summed E-state index contributed by atoms with van der Waals surface area (Å²) in [6, 6.07) is 20.2. The average molecular weight is 410 g/mol. The number of rotatable bonds is 7. The molecule has 0 saturated heterocycles. The Labute approximate surface area is 170 Å². The van der Waals surface area contributed by atoms with Crippen molar-refractivity contribution in [2.24, 2.45) is 0 Å². The van der Waals surface area contributed by atoms with Crippen LogP contribution in [0.1, 0.15) is 21.5 Å². The highest BCUT2D eigenvalue weighted by molar-refractivity contribution is 7.92. The maximum absolute atomic E-state index is 12.5. The minimum atomic E-state index is -3.68. The Hall–Kier alpha value is -3.16. The summed E-state index contributed by atoms with van der Waals surface area (Å²) in [5.41, 5.74) is 3.39. The van der Waals surface area contributed by atoms with Gasteiger partial charge >= 0.3 is 0 Å². The predicted octanol–water partition coefficient (Wildman–Crippen LogP) is 4.19. The monoisotopic (exact) mass is 410 g/mol. The molecular weight excluding hydrogens is 388 g/mol. The molecule has 2 N–H and O–H groups in total. The Kier molecular flexibility index (Phi) is 6.31. The van der Waals surface area contributed by atoms with Crippen molar-refractivity contribution in [1.82, 2.24) is 0 Å². The van der Waals surface area contributed by atoms with E-state index in [4.69, 9.17) is 4.74 Å². The van der Waals surface area contributed by atoms with Gasteiger partial charge in [-0.1, -0.05) is 29.8 Å². The summed E-state index contributed by atoms with van der Waals surface area (Å²) < 4.78 is 32.5. The van der Waals surface area contributed by atoms with Crippen molar-refractivity contribution < 1.29 is 17.9 Å². The number of methoxy groups -OCH3 is 1. The zero-order valence-corrected chi connectivity index (χ0v) is 17.0. The van der Waals surface area contributed by atoms with Crippen LogP contribution in [0.4, 0.5) is 11.4 Å². The fourth-order valence-corrected chi connectivity index (χ4v) is 3.79. The van der Waals surface area contributed by atoms with Crippen molar-refractivity contribution in [3.05, 3.63) is 89.5 Å². The van der Waals surface area contributed by atoms with Crippen molar-refractivity contribution in [3.63, 3.8) is 0 Å². The molecule has 0 unspecified atom stereocenters. The maximum Gasteiger partial charge on any atom is 0.261 e. The van der Waals surface area contributed by atoms with Gasteiger partial charge in [-0.2, -0.15) is 0 Å². The van der Waals surface area contributed by atoms with Crippen LogP contribution in [0.2, 0.25) is 0 Å². The lowest BCUT2D eigenvalue weighted by Crippen LogP contribution is -2.14. The second-order valence-corrected chi connectivity index (χ2v) is 8.27. The Morgan fingerprint density at radius 3 is 2.28 bits per heavy atom. The predicted molar refractivity (Wildman–Crippen MR) is 114 cm³/mol. The highest BCUT2D eigenvalue weighted by Crippen LogP contribution is 2.18. The number of ether oxygens (including phenoxy) is 1. The first-order valence-corrected chi connectivity index (χ1v) is 10.4. The fraction of sp³-hybridized carbons (Fsp3) is 0.136. The molecule has 3 aromatic carbocycles. The topological polar surface area (TPSA) is 84.5 Å². The first-order valence-electron chi connectivity index (χ1n) is 8.96. The fourth-order valence-electron chi connectivity index (χ4n) is 2.73. The Morgan fingerprint density at radius 1 is 0.931 bits per heavy atom. The van der Waals surface area contributed by atoms with Crippen LogP contribution in [0.5, 0.6) is 0 Å². The molecule has 0 spiro atoms. The van der Waals surface area contributed by atoms with Crippen molar-refractivity contribution >= 4 is 27.3 Å². The van der Waals surface area contributed by atoms with Gasteiger partial charge in [0.05, 0.1) is 11.5 Å². The summed E-state index contributed by atoms with van der Waals surface area (Å²) in [6.45, 7) is 2.35. The van der Waals surface area contributed by atoms with E-state index in [2.05, 4.69) is 10.0 Å². The molecule has 0 aliphatic carbocycles. The van der Waals surface area contributed by atoms with Gasteiger partial charge in [0.2, 0.25) is 0 Å². The van der Waals surface area contributed by atoms with E-state index < -0.39 is 10.0 Å². The van der Waals surface area contributed by atoms with Crippen molar-refractivity contribution in [1.29, 1.82) is 0 Å². The van der Waals surface area contributed by atoms with Crippen LogP contribution in [-0.4, -0.2) is 21.4 Å². The van der Waals surface area contributed by atoms with E-state index in [9.17, 15) is 13.2 Å². The largest absolute Gasteiger partial charge is 0.380 e. The molecule has 0 atom stereocenters. The first kappa shape index (κ1) is 20.6. The Balaban J connectivity index is 1.68. The lowest BCUT2D eigenvalue weighted by molar-refractivity contribution is 0.102. The standard InChI is InChI=1S/C22H22N2O4S/c1-16-6-12-21(13-7-16)29(26,27)24-19-10-8-18(9-11-19)22(25)23-20-5-3-4-17(14-20)15-28-2/h3-14,24H,15H2,1-2H3,(H,23,25). The van der Waals surface area contributed by atoms with Gasteiger partial charge in [-0.05, 0) is 61.0 Å². The zero-order valence-electron chi connectivity index (χ0n) is 16.2. The van der Waals surface area contributed by atoms with Crippen LogP contribution >= 0.6 is 0 Å². The molecule has 3 rings (SSSR count). The molecule has 29 heavy (non-hydrogen) atoms. The van der Waals surface area contributed by atoms with Gasteiger partial charge in [-0.15, -0.1) is 0 Å². The van der Waals surface area contributed by atoms with E-state index in [0.717, 1.165) is 11.1 Å². The molecule has 150 valence electrons. The van der Waals surface area contributed by atoms with Crippen LogP contribution < -0.4 is 10.0 Å². The molecule has 0 radical (unpaired) electrons. The SMILES string of the molecule is COCc1cccc(NC(=O)c2ccc(NS(=O)(=O)c3ccc(C)cc3)cc2)c1. The van der Waals surface area contributed by atoms with Crippen molar-refractivity contribution in [3.8, 4) is 0 Å². The summed E-state index contributed by atoms with van der Waals surface area (Å²) in [6.07, 6.45) is 0. The third-order valence-corrected chi connectivity index (χ3v) is 5.62. The number of hydrogen-bond acceptors (Lipinski definition) is 4. The normalized spacial score (nSPS) is 11.1.